The number of nitrogens with one attached hydrogen (secondary N) is 1. The second kappa shape index (κ2) is 5.07. The molecule has 17 heavy (non-hydrogen) atoms. The summed E-state index contributed by atoms with van der Waals surface area (Å²) in [4.78, 5) is 11.9. The molecule has 0 bridgehead atoms. The summed E-state index contributed by atoms with van der Waals surface area (Å²) in [6.07, 6.45) is 2.49. The Kier molecular flexibility index (Phi) is 3.69. The van der Waals surface area contributed by atoms with Crippen molar-refractivity contribution in [1.29, 1.82) is 0 Å². The molecular formula is C13H17ClN2O. The average Bonchev–Trinajstić information content (AvgIpc) is 2.29. The Bertz CT molecular complexity index is 445. The fraction of sp³-hybridized carbons (Fsp3) is 0.462. The molecular weight excluding hydrogens is 236 g/mol. The number of hydrogen-bond acceptors (Lipinski definition) is 2. The summed E-state index contributed by atoms with van der Waals surface area (Å²) in [6.45, 7) is 2.57. The van der Waals surface area contributed by atoms with Crippen LogP contribution in [-0.2, 0) is 11.2 Å². The Morgan fingerprint density at radius 2 is 2.29 bits per heavy atom. The number of nitrogens with two attached hydrogens (primary N) is 1. The third-order valence-corrected chi connectivity index (χ3v) is 3.64. The molecule has 0 saturated carbocycles. The lowest BCUT2D eigenvalue weighted by atomic mass is 9.89. The van der Waals surface area contributed by atoms with Gasteiger partial charge in [0.05, 0.1) is 0 Å². The zero-order chi connectivity index (χ0) is 12.4. The summed E-state index contributed by atoms with van der Waals surface area (Å²) >= 11 is 6.10. The highest BCUT2D eigenvalue weighted by Gasteiger charge is 2.25. The summed E-state index contributed by atoms with van der Waals surface area (Å²) < 4.78 is 0. The van der Waals surface area contributed by atoms with Crippen LogP contribution in [0.25, 0.3) is 0 Å². The summed E-state index contributed by atoms with van der Waals surface area (Å²) in [5.41, 5.74) is 8.50. The van der Waals surface area contributed by atoms with Crippen LogP contribution in [0, 0.1) is 12.8 Å². The van der Waals surface area contributed by atoms with E-state index in [-0.39, 0.29) is 11.8 Å². The Morgan fingerprint density at radius 3 is 3.00 bits per heavy atom. The third-order valence-electron chi connectivity index (χ3n) is 3.24. The zero-order valence-corrected chi connectivity index (χ0v) is 10.7. The van der Waals surface area contributed by atoms with Crippen LogP contribution < -0.4 is 11.1 Å². The fourth-order valence-electron chi connectivity index (χ4n) is 2.20. The third kappa shape index (κ3) is 2.61. The van der Waals surface area contributed by atoms with Crippen LogP contribution in [-0.4, -0.2) is 12.5 Å². The van der Waals surface area contributed by atoms with Gasteiger partial charge in [-0.1, -0.05) is 11.6 Å². The number of rotatable bonds is 3. The average molecular weight is 253 g/mol. The van der Waals surface area contributed by atoms with E-state index in [0.29, 0.717) is 6.54 Å². The normalized spacial score (nSPS) is 18.8. The van der Waals surface area contributed by atoms with Gasteiger partial charge in [-0.3, -0.25) is 4.79 Å². The van der Waals surface area contributed by atoms with Gasteiger partial charge in [-0.15, -0.1) is 0 Å². The summed E-state index contributed by atoms with van der Waals surface area (Å²) in [7, 11) is 0. The lowest BCUT2D eigenvalue weighted by molar-refractivity contribution is -0.120. The zero-order valence-electron chi connectivity index (χ0n) is 9.92. The Balaban J connectivity index is 2.22. The van der Waals surface area contributed by atoms with E-state index < -0.39 is 0 Å². The molecule has 0 spiro atoms. The lowest BCUT2D eigenvalue weighted by Gasteiger charge is -2.25. The molecule has 4 heteroatoms. The molecule has 0 fully saturated rings. The first-order chi connectivity index (χ1) is 8.11. The second-order valence-electron chi connectivity index (χ2n) is 4.58. The molecule has 3 nitrogen and oxygen atoms in total. The standard InChI is InChI=1S/C13H17ClN2O/c1-8-5-12-10(7-11(8)14)6-9(3-2-4-15)13(17)16-12/h5,7,9H,2-4,6,15H2,1H3,(H,16,17). The largest absolute Gasteiger partial charge is 0.330 e. The highest BCUT2D eigenvalue weighted by molar-refractivity contribution is 6.31. The van der Waals surface area contributed by atoms with E-state index in [4.69, 9.17) is 17.3 Å². The topological polar surface area (TPSA) is 55.1 Å². The maximum Gasteiger partial charge on any atom is 0.227 e. The fourth-order valence-corrected chi connectivity index (χ4v) is 2.38. The van der Waals surface area contributed by atoms with Gasteiger partial charge in [0.2, 0.25) is 5.91 Å². The molecule has 1 aliphatic rings. The predicted molar refractivity (Wildman–Crippen MR) is 70.3 cm³/mol. The Morgan fingerprint density at radius 1 is 1.53 bits per heavy atom. The van der Waals surface area contributed by atoms with Crippen LogP contribution in [0.1, 0.15) is 24.0 Å². The number of aryl methyl sites for hydroxylation is 1. The molecule has 3 N–H and O–H groups in total. The first kappa shape index (κ1) is 12.4. The number of hydrogen-bond donors (Lipinski definition) is 2. The van der Waals surface area contributed by atoms with E-state index in [0.717, 1.165) is 41.1 Å². The number of fused-ring (bicyclic) bond motifs is 1. The Labute approximate surface area is 106 Å². The molecule has 1 heterocycles. The van der Waals surface area contributed by atoms with Gasteiger partial charge >= 0.3 is 0 Å². The number of carbonyl (C=O) groups is 1. The first-order valence-corrected chi connectivity index (χ1v) is 6.29. The van der Waals surface area contributed by atoms with Crippen LogP contribution in [0.2, 0.25) is 5.02 Å². The molecule has 0 radical (unpaired) electrons. The van der Waals surface area contributed by atoms with Gasteiger partial charge in [0.1, 0.15) is 0 Å². The van der Waals surface area contributed by atoms with Crippen molar-refractivity contribution in [2.24, 2.45) is 11.7 Å². The van der Waals surface area contributed by atoms with Gasteiger partial charge < -0.3 is 11.1 Å². The van der Waals surface area contributed by atoms with E-state index in [1.54, 1.807) is 0 Å². The van der Waals surface area contributed by atoms with Crippen molar-refractivity contribution in [2.45, 2.75) is 26.2 Å². The monoisotopic (exact) mass is 252 g/mol. The molecule has 0 aliphatic carbocycles. The molecule has 2 rings (SSSR count). The maximum absolute atomic E-state index is 11.9. The minimum absolute atomic E-state index is 0.0322. The maximum atomic E-state index is 11.9. The van der Waals surface area contributed by atoms with Gasteiger partial charge in [-0.05, 0) is 56.0 Å². The quantitative estimate of drug-likeness (QED) is 0.869. The van der Waals surface area contributed by atoms with E-state index in [1.165, 1.54) is 0 Å². The van der Waals surface area contributed by atoms with Crippen molar-refractivity contribution in [3.63, 3.8) is 0 Å². The number of halogens is 1. The van der Waals surface area contributed by atoms with Crippen molar-refractivity contribution >= 4 is 23.2 Å². The van der Waals surface area contributed by atoms with Gasteiger partial charge in [0.25, 0.3) is 0 Å². The van der Waals surface area contributed by atoms with E-state index in [1.807, 2.05) is 19.1 Å². The van der Waals surface area contributed by atoms with E-state index in [9.17, 15) is 4.79 Å². The van der Waals surface area contributed by atoms with Crippen molar-refractivity contribution in [3.8, 4) is 0 Å². The SMILES string of the molecule is Cc1cc2c(cc1Cl)CC(CCCN)C(=O)N2. The number of benzene rings is 1. The molecule has 1 amide bonds. The van der Waals surface area contributed by atoms with Crippen LogP contribution in [0.15, 0.2) is 12.1 Å². The first-order valence-electron chi connectivity index (χ1n) is 5.91. The molecule has 0 aromatic heterocycles. The molecule has 1 unspecified atom stereocenters. The van der Waals surface area contributed by atoms with Gasteiger partial charge in [0, 0.05) is 16.6 Å². The molecule has 0 saturated heterocycles. The molecule has 1 aliphatic heterocycles. The van der Waals surface area contributed by atoms with Crippen molar-refractivity contribution in [3.05, 3.63) is 28.3 Å². The Hall–Kier alpha value is -1.06. The minimum Gasteiger partial charge on any atom is -0.330 e. The van der Waals surface area contributed by atoms with Crippen molar-refractivity contribution < 1.29 is 4.79 Å². The molecule has 1 aromatic carbocycles. The van der Waals surface area contributed by atoms with Crippen LogP contribution in [0.5, 0.6) is 0 Å². The second-order valence-corrected chi connectivity index (χ2v) is 4.99. The van der Waals surface area contributed by atoms with E-state index in [2.05, 4.69) is 5.32 Å². The lowest BCUT2D eigenvalue weighted by Crippen LogP contribution is -2.30. The van der Waals surface area contributed by atoms with Crippen molar-refractivity contribution in [1.82, 2.24) is 0 Å². The van der Waals surface area contributed by atoms with Gasteiger partial charge in [0.15, 0.2) is 0 Å². The predicted octanol–water partition coefficient (Wildman–Crippen LogP) is 2.50. The smallest absolute Gasteiger partial charge is 0.227 e. The highest BCUT2D eigenvalue weighted by Crippen LogP contribution is 2.31. The summed E-state index contributed by atoms with van der Waals surface area (Å²) in [6, 6.07) is 3.90. The highest BCUT2D eigenvalue weighted by atomic mass is 35.5. The molecule has 1 atom stereocenters. The van der Waals surface area contributed by atoms with Crippen LogP contribution >= 0.6 is 11.6 Å². The number of anilines is 1. The number of carbonyl (C=O) groups excluding carboxylic acids is 1. The molecule has 92 valence electrons. The summed E-state index contributed by atoms with van der Waals surface area (Å²) in [5.74, 6) is 0.137. The van der Waals surface area contributed by atoms with Gasteiger partial charge in [-0.2, -0.15) is 0 Å². The van der Waals surface area contributed by atoms with Crippen LogP contribution in [0.4, 0.5) is 5.69 Å². The van der Waals surface area contributed by atoms with E-state index >= 15 is 0 Å². The van der Waals surface area contributed by atoms with Crippen LogP contribution in [0.3, 0.4) is 0 Å². The van der Waals surface area contributed by atoms with Gasteiger partial charge in [-0.25, -0.2) is 0 Å². The van der Waals surface area contributed by atoms with Crippen molar-refractivity contribution in [2.75, 3.05) is 11.9 Å². The number of amides is 1. The molecule has 1 aromatic rings. The summed E-state index contributed by atoms with van der Waals surface area (Å²) in [5, 5.41) is 3.71. The minimum atomic E-state index is 0.0322.